The maximum atomic E-state index is 12.6. The van der Waals surface area contributed by atoms with Gasteiger partial charge in [-0.2, -0.15) is 5.10 Å². The lowest BCUT2D eigenvalue weighted by molar-refractivity contribution is 0.0422. The van der Waals surface area contributed by atoms with Crippen LogP contribution >= 0.6 is 0 Å². The Kier molecular flexibility index (Phi) is 4.63. The average molecular weight is 356 g/mol. The molecule has 138 valence electrons. The summed E-state index contributed by atoms with van der Waals surface area (Å²) in [5, 5.41) is 4.09. The number of aryl methyl sites for hydroxylation is 1. The molecule has 0 radical (unpaired) electrons. The van der Waals surface area contributed by atoms with Crippen LogP contribution in [0, 0.1) is 5.41 Å². The minimum Gasteiger partial charge on any atom is -0.489 e. The van der Waals surface area contributed by atoms with Gasteiger partial charge in [0.15, 0.2) is 0 Å². The molecule has 2 saturated heterocycles. The van der Waals surface area contributed by atoms with E-state index in [4.69, 9.17) is 9.47 Å². The number of rotatable bonds is 4. The van der Waals surface area contributed by atoms with Crippen molar-refractivity contribution in [3.05, 3.63) is 42.5 Å². The number of hydrogen-bond acceptors (Lipinski definition) is 5. The minimum absolute atomic E-state index is 0.0650. The van der Waals surface area contributed by atoms with Crippen molar-refractivity contribution in [3.8, 4) is 5.75 Å². The van der Waals surface area contributed by atoms with Crippen molar-refractivity contribution in [2.45, 2.75) is 25.4 Å². The summed E-state index contributed by atoms with van der Waals surface area (Å²) in [4.78, 5) is 18.6. The lowest BCUT2D eigenvalue weighted by Crippen LogP contribution is -2.44. The SMILES string of the molecule is Cn1nccc1C(=O)N1CCC2(CC1)COC(COc1cccnc1)C2. The fourth-order valence-electron chi connectivity index (χ4n) is 3.90. The van der Waals surface area contributed by atoms with Crippen LogP contribution in [0.1, 0.15) is 29.8 Å². The molecular formula is C19H24N4O3. The predicted octanol–water partition coefficient (Wildman–Crippen LogP) is 1.91. The molecule has 0 aromatic carbocycles. The molecule has 0 N–H and O–H groups in total. The summed E-state index contributed by atoms with van der Waals surface area (Å²) in [7, 11) is 1.80. The molecular weight excluding hydrogens is 332 g/mol. The van der Waals surface area contributed by atoms with Gasteiger partial charge in [-0.3, -0.25) is 14.5 Å². The number of pyridine rings is 1. The lowest BCUT2D eigenvalue weighted by atomic mass is 9.76. The Balaban J connectivity index is 1.29. The second-order valence-electron chi connectivity index (χ2n) is 7.27. The Hall–Kier alpha value is -2.41. The first-order valence-electron chi connectivity index (χ1n) is 9.07. The van der Waals surface area contributed by atoms with E-state index in [1.807, 2.05) is 17.0 Å². The topological polar surface area (TPSA) is 69.5 Å². The summed E-state index contributed by atoms with van der Waals surface area (Å²) < 4.78 is 13.4. The van der Waals surface area contributed by atoms with Gasteiger partial charge in [-0.25, -0.2) is 0 Å². The van der Waals surface area contributed by atoms with Gasteiger partial charge in [0.25, 0.3) is 5.91 Å². The predicted molar refractivity (Wildman–Crippen MR) is 94.9 cm³/mol. The van der Waals surface area contributed by atoms with Crippen molar-refractivity contribution in [1.82, 2.24) is 19.7 Å². The van der Waals surface area contributed by atoms with Crippen LogP contribution in [0.5, 0.6) is 5.75 Å². The summed E-state index contributed by atoms with van der Waals surface area (Å²) in [6.45, 7) is 2.83. The highest BCUT2D eigenvalue weighted by atomic mass is 16.5. The molecule has 0 aliphatic carbocycles. The number of nitrogens with zero attached hydrogens (tertiary/aromatic N) is 4. The van der Waals surface area contributed by atoms with Gasteiger partial charge < -0.3 is 14.4 Å². The highest BCUT2D eigenvalue weighted by Gasteiger charge is 2.43. The normalized spacial score (nSPS) is 21.9. The van der Waals surface area contributed by atoms with Crippen LogP contribution in [0.4, 0.5) is 0 Å². The zero-order chi connectivity index (χ0) is 18.0. The first kappa shape index (κ1) is 17.0. The van der Waals surface area contributed by atoms with E-state index >= 15 is 0 Å². The average Bonchev–Trinajstić information content (AvgIpc) is 3.27. The maximum Gasteiger partial charge on any atom is 0.272 e. The van der Waals surface area contributed by atoms with Crippen LogP contribution in [0.3, 0.4) is 0 Å². The van der Waals surface area contributed by atoms with Gasteiger partial charge in [-0.15, -0.1) is 0 Å². The van der Waals surface area contributed by atoms with Crippen molar-refractivity contribution < 1.29 is 14.3 Å². The summed E-state index contributed by atoms with van der Waals surface area (Å²) >= 11 is 0. The molecule has 1 atom stereocenters. The van der Waals surface area contributed by atoms with E-state index in [0.29, 0.717) is 12.3 Å². The third-order valence-corrected chi connectivity index (χ3v) is 5.51. The number of carbonyl (C=O) groups excluding carboxylic acids is 1. The molecule has 4 rings (SSSR count). The Morgan fingerprint density at radius 3 is 2.88 bits per heavy atom. The first-order valence-corrected chi connectivity index (χ1v) is 9.07. The van der Waals surface area contributed by atoms with Gasteiger partial charge in [0.2, 0.25) is 0 Å². The summed E-state index contributed by atoms with van der Waals surface area (Å²) in [5.74, 6) is 0.837. The fourth-order valence-corrected chi connectivity index (χ4v) is 3.90. The largest absolute Gasteiger partial charge is 0.489 e. The van der Waals surface area contributed by atoms with E-state index in [1.54, 1.807) is 36.4 Å². The molecule has 26 heavy (non-hydrogen) atoms. The van der Waals surface area contributed by atoms with Gasteiger partial charge >= 0.3 is 0 Å². The van der Waals surface area contributed by atoms with Crippen LogP contribution in [-0.2, 0) is 11.8 Å². The molecule has 2 aromatic rings. The second-order valence-corrected chi connectivity index (χ2v) is 7.27. The molecule has 2 aliphatic rings. The standard InChI is InChI=1S/C19H24N4O3/c1-22-17(4-8-21-22)18(24)23-9-5-19(6-10-23)11-16(26-14-19)13-25-15-3-2-7-20-12-15/h2-4,7-8,12,16H,5-6,9-11,13-14H2,1H3. The molecule has 2 aromatic heterocycles. The van der Waals surface area contributed by atoms with E-state index in [-0.39, 0.29) is 17.4 Å². The number of piperidine rings is 1. The smallest absolute Gasteiger partial charge is 0.272 e. The van der Waals surface area contributed by atoms with E-state index in [0.717, 1.165) is 44.7 Å². The molecule has 0 saturated carbocycles. The van der Waals surface area contributed by atoms with Crippen molar-refractivity contribution >= 4 is 5.91 Å². The number of aromatic nitrogens is 3. The van der Waals surface area contributed by atoms with E-state index < -0.39 is 0 Å². The van der Waals surface area contributed by atoms with Gasteiger partial charge in [0, 0.05) is 32.5 Å². The molecule has 1 amide bonds. The van der Waals surface area contributed by atoms with Gasteiger partial charge in [-0.05, 0) is 42.9 Å². The fraction of sp³-hybridized carbons (Fsp3) is 0.526. The van der Waals surface area contributed by atoms with Crippen LogP contribution in [0.25, 0.3) is 0 Å². The van der Waals surface area contributed by atoms with Gasteiger partial charge in [-0.1, -0.05) is 0 Å². The van der Waals surface area contributed by atoms with Crippen molar-refractivity contribution in [2.24, 2.45) is 12.5 Å². The molecule has 2 aliphatic heterocycles. The quantitative estimate of drug-likeness (QED) is 0.837. The van der Waals surface area contributed by atoms with Crippen molar-refractivity contribution in [1.29, 1.82) is 0 Å². The Morgan fingerprint density at radius 1 is 1.35 bits per heavy atom. The first-order chi connectivity index (χ1) is 12.7. The highest BCUT2D eigenvalue weighted by Crippen LogP contribution is 2.42. The minimum atomic E-state index is 0.0650. The second kappa shape index (κ2) is 7.07. The van der Waals surface area contributed by atoms with Crippen LogP contribution in [0.15, 0.2) is 36.8 Å². The summed E-state index contributed by atoms with van der Waals surface area (Å²) in [6, 6.07) is 5.54. The summed E-state index contributed by atoms with van der Waals surface area (Å²) in [6.07, 6.45) is 8.15. The number of ether oxygens (including phenoxy) is 2. The Bertz CT molecular complexity index is 753. The summed E-state index contributed by atoms with van der Waals surface area (Å²) in [5.41, 5.74) is 0.818. The Labute approximate surface area is 152 Å². The molecule has 0 bridgehead atoms. The molecule has 1 unspecified atom stereocenters. The van der Waals surface area contributed by atoms with E-state index in [2.05, 4.69) is 10.1 Å². The third-order valence-electron chi connectivity index (χ3n) is 5.51. The highest BCUT2D eigenvalue weighted by molar-refractivity contribution is 5.92. The van der Waals surface area contributed by atoms with Crippen molar-refractivity contribution in [2.75, 3.05) is 26.3 Å². The number of amides is 1. The van der Waals surface area contributed by atoms with E-state index in [9.17, 15) is 4.79 Å². The molecule has 7 heteroatoms. The molecule has 2 fully saturated rings. The van der Waals surface area contributed by atoms with Gasteiger partial charge in [0.05, 0.1) is 18.9 Å². The number of carbonyl (C=O) groups is 1. The van der Waals surface area contributed by atoms with E-state index in [1.165, 1.54) is 0 Å². The third kappa shape index (κ3) is 3.44. The number of likely N-dealkylation sites (tertiary alicyclic amines) is 1. The monoisotopic (exact) mass is 356 g/mol. The zero-order valence-corrected chi connectivity index (χ0v) is 15.0. The number of hydrogen-bond donors (Lipinski definition) is 0. The maximum absolute atomic E-state index is 12.6. The Morgan fingerprint density at radius 2 is 2.19 bits per heavy atom. The van der Waals surface area contributed by atoms with Crippen LogP contribution in [-0.4, -0.2) is 58.0 Å². The van der Waals surface area contributed by atoms with Crippen LogP contribution in [0.2, 0.25) is 0 Å². The zero-order valence-electron chi connectivity index (χ0n) is 15.0. The molecule has 1 spiro atoms. The van der Waals surface area contributed by atoms with Crippen LogP contribution < -0.4 is 4.74 Å². The van der Waals surface area contributed by atoms with Gasteiger partial charge in [0.1, 0.15) is 18.1 Å². The lowest BCUT2D eigenvalue weighted by Gasteiger charge is -2.38. The molecule has 4 heterocycles. The van der Waals surface area contributed by atoms with Crippen molar-refractivity contribution in [3.63, 3.8) is 0 Å². The molecule has 7 nitrogen and oxygen atoms in total.